The Labute approximate surface area is 297 Å². The van der Waals surface area contributed by atoms with Crippen LogP contribution in [0.3, 0.4) is 0 Å². The van der Waals surface area contributed by atoms with E-state index in [9.17, 15) is 0 Å². The van der Waals surface area contributed by atoms with Crippen molar-refractivity contribution in [1.29, 1.82) is 0 Å². The van der Waals surface area contributed by atoms with Crippen LogP contribution in [0.1, 0.15) is 206 Å². The summed E-state index contributed by atoms with van der Waals surface area (Å²) in [4.78, 5) is 2.31. The van der Waals surface area contributed by atoms with Gasteiger partial charge in [-0.25, -0.2) is 0 Å². The topological polar surface area (TPSA) is 3.24 Å². The maximum absolute atomic E-state index is 4.51. The summed E-state index contributed by atoms with van der Waals surface area (Å²) in [6.07, 6.45) is 59.2. The Morgan fingerprint density at radius 3 is 1.21 bits per heavy atom. The summed E-state index contributed by atoms with van der Waals surface area (Å²) >= 11 is 0. The van der Waals surface area contributed by atoms with E-state index in [2.05, 4.69) is 88.0 Å². The number of rotatable bonds is 37. The van der Waals surface area contributed by atoms with Crippen molar-refractivity contribution >= 4 is 0 Å². The van der Waals surface area contributed by atoms with Crippen LogP contribution in [0.4, 0.5) is 0 Å². The Hall–Kier alpha value is -1.34. The lowest BCUT2D eigenvalue weighted by molar-refractivity contribution is 0.382. The second kappa shape index (κ2) is 39.1. The number of unbranched alkanes of at least 4 members (excludes halogenated alkanes) is 19. The molecule has 0 saturated carbocycles. The molecular weight excluding hydrogens is 567 g/mol. The molecule has 1 unspecified atom stereocenters. The normalized spacial score (nSPS) is 13.0. The molecule has 0 aromatic heterocycles. The monoisotopic (exact) mass is 652 g/mol. The van der Waals surface area contributed by atoms with Crippen LogP contribution < -0.4 is 0 Å². The van der Waals surface area contributed by atoms with Gasteiger partial charge in [0.05, 0.1) is 0 Å². The van der Waals surface area contributed by atoms with E-state index in [0.29, 0.717) is 0 Å². The van der Waals surface area contributed by atoms with E-state index >= 15 is 0 Å². The molecule has 0 aliphatic heterocycles. The summed E-state index contributed by atoms with van der Waals surface area (Å²) in [6, 6.07) is 0. The summed E-state index contributed by atoms with van der Waals surface area (Å²) < 4.78 is 0. The van der Waals surface area contributed by atoms with Gasteiger partial charge in [0.25, 0.3) is 0 Å². The summed E-state index contributed by atoms with van der Waals surface area (Å²) in [6.45, 7) is 10.2. The molecule has 0 aromatic carbocycles. The highest BCUT2D eigenvalue weighted by Gasteiger charge is 2.11. The zero-order valence-electron chi connectivity index (χ0n) is 32.8. The van der Waals surface area contributed by atoms with E-state index in [1.807, 2.05) is 0 Å². The van der Waals surface area contributed by atoms with Crippen molar-refractivity contribution in [2.45, 2.75) is 206 Å². The van der Waals surface area contributed by atoms with Gasteiger partial charge in [0.2, 0.25) is 0 Å². The fraction of sp³-hybridized carbons (Fsp3) is 0.783. The Bertz CT molecular complexity index is 738. The van der Waals surface area contributed by atoms with E-state index in [-0.39, 0.29) is 0 Å². The first-order valence-electron chi connectivity index (χ1n) is 21.0. The van der Waals surface area contributed by atoms with Gasteiger partial charge in [0.1, 0.15) is 0 Å². The van der Waals surface area contributed by atoms with E-state index < -0.39 is 0 Å². The summed E-state index contributed by atoms with van der Waals surface area (Å²) in [5.41, 5.74) is 1.51. The van der Waals surface area contributed by atoms with Crippen molar-refractivity contribution < 1.29 is 0 Å². The van der Waals surface area contributed by atoms with Gasteiger partial charge < -0.3 is 4.90 Å². The fourth-order valence-corrected chi connectivity index (χ4v) is 6.52. The van der Waals surface area contributed by atoms with Crippen molar-refractivity contribution in [1.82, 2.24) is 4.90 Å². The maximum Gasteiger partial charge on any atom is -0.00218 e. The van der Waals surface area contributed by atoms with Crippen molar-refractivity contribution in [3.8, 4) is 0 Å². The third-order valence-electron chi connectivity index (χ3n) is 9.59. The van der Waals surface area contributed by atoms with Gasteiger partial charge in [-0.2, -0.15) is 0 Å². The summed E-state index contributed by atoms with van der Waals surface area (Å²) in [5.74, 6) is 0.866. The zero-order valence-corrected chi connectivity index (χ0v) is 32.8. The second-order valence-corrected chi connectivity index (χ2v) is 14.8. The average Bonchev–Trinajstić information content (AvgIpc) is 3.05. The molecule has 0 fully saturated rings. The molecule has 0 radical (unpaired) electrons. The minimum atomic E-state index is 0.866. The van der Waals surface area contributed by atoms with Crippen molar-refractivity contribution in [3.63, 3.8) is 0 Å². The highest BCUT2D eigenvalue weighted by Crippen LogP contribution is 2.26. The van der Waals surface area contributed by atoms with Gasteiger partial charge in [-0.1, -0.05) is 184 Å². The van der Waals surface area contributed by atoms with Crippen LogP contribution in [-0.4, -0.2) is 25.5 Å². The molecule has 1 heteroatoms. The fourth-order valence-electron chi connectivity index (χ4n) is 6.52. The van der Waals surface area contributed by atoms with Gasteiger partial charge in [-0.3, -0.25) is 0 Å². The zero-order chi connectivity index (χ0) is 34.3. The van der Waals surface area contributed by atoms with E-state index in [4.69, 9.17) is 0 Å². The third kappa shape index (κ3) is 39.0. The van der Waals surface area contributed by atoms with Crippen LogP contribution in [0.25, 0.3) is 0 Å². The SMILES string of the molecule is C=C(CCCN(C)C)CC(CCCCCCCC/C=C\C/C=C\CCCCC)CCCCCCCCC/C=C\C/C=C\CCCCC. The van der Waals surface area contributed by atoms with Crippen molar-refractivity contribution in [2.24, 2.45) is 5.92 Å². The Kier molecular flexibility index (Phi) is 38.0. The summed E-state index contributed by atoms with van der Waals surface area (Å²) in [5, 5.41) is 0. The predicted octanol–water partition coefficient (Wildman–Crippen LogP) is 15.7. The van der Waals surface area contributed by atoms with E-state index in [1.54, 1.807) is 0 Å². The molecule has 1 atom stereocenters. The standard InChI is InChI=1S/C46H85N/c1-6-8-10-12-14-16-18-20-22-24-26-28-30-32-34-36-38-42-46(44-45(3)40-39-43-47(4)5)41-37-35-33-31-29-27-25-23-21-19-17-15-13-11-9-7-2/h14-17,20-23,46H,3,6-13,18-19,24-44H2,1-2,4-5H3/b16-14-,17-15-,22-20-,23-21-. The molecule has 274 valence electrons. The minimum absolute atomic E-state index is 0.866. The average molecular weight is 652 g/mol. The van der Waals surface area contributed by atoms with Gasteiger partial charge in [0.15, 0.2) is 0 Å². The van der Waals surface area contributed by atoms with Crippen LogP contribution in [0.15, 0.2) is 60.8 Å². The molecule has 0 saturated heterocycles. The van der Waals surface area contributed by atoms with E-state index in [1.165, 1.54) is 192 Å². The molecule has 1 nitrogen and oxygen atoms in total. The van der Waals surface area contributed by atoms with Crippen molar-refractivity contribution in [3.05, 3.63) is 60.8 Å². The Balaban J connectivity index is 3.99. The highest BCUT2D eigenvalue weighted by atomic mass is 15.0. The molecule has 0 bridgehead atoms. The highest BCUT2D eigenvalue weighted by molar-refractivity contribution is 4.96. The molecule has 0 aliphatic carbocycles. The third-order valence-corrected chi connectivity index (χ3v) is 9.59. The molecule has 0 aliphatic rings. The van der Waals surface area contributed by atoms with Crippen LogP contribution in [0, 0.1) is 5.92 Å². The molecule has 0 N–H and O–H groups in total. The Morgan fingerprint density at radius 2 is 0.830 bits per heavy atom. The lowest BCUT2D eigenvalue weighted by Crippen LogP contribution is -2.13. The van der Waals surface area contributed by atoms with Crippen molar-refractivity contribution in [2.75, 3.05) is 20.6 Å². The number of nitrogens with zero attached hydrogens (tertiary/aromatic N) is 1. The number of hydrogen-bond donors (Lipinski definition) is 0. The van der Waals surface area contributed by atoms with Gasteiger partial charge in [-0.05, 0) is 110 Å². The Morgan fingerprint density at radius 1 is 0.468 bits per heavy atom. The molecule has 0 spiro atoms. The van der Waals surface area contributed by atoms with Crippen LogP contribution in [0.5, 0.6) is 0 Å². The molecule has 47 heavy (non-hydrogen) atoms. The molecule has 0 amide bonds. The first-order valence-corrected chi connectivity index (χ1v) is 21.0. The molecule has 0 heterocycles. The predicted molar refractivity (Wildman–Crippen MR) is 218 cm³/mol. The lowest BCUT2D eigenvalue weighted by atomic mass is 9.88. The first kappa shape index (κ1) is 45.7. The van der Waals surface area contributed by atoms with Crippen LogP contribution in [-0.2, 0) is 0 Å². The first-order chi connectivity index (χ1) is 23.1. The van der Waals surface area contributed by atoms with E-state index in [0.717, 1.165) is 18.8 Å². The summed E-state index contributed by atoms with van der Waals surface area (Å²) in [7, 11) is 4.37. The smallest absolute Gasteiger partial charge is 0.00218 e. The molecule has 0 rings (SSSR count). The quantitative estimate of drug-likeness (QED) is 0.0477. The minimum Gasteiger partial charge on any atom is -0.309 e. The second-order valence-electron chi connectivity index (χ2n) is 14.8. The van der Waals surface area contributed by atoms with Gasteiger partial charge >= 0.3 is 0 Å². The maximum atomic E-state index is 4.51. The van der Waals surface area contributed by atoms with Crippen LogP contribution >= 0.6 is 0 Å². The van der Waals surface area contributed by atoms with Gasteiger partial charge in [0, 0.05) is 0 Å². The van der Waals surface area contributed by atoms with Crippen LogP contribution in [0.2, 0.25) is 0 Å². The molecular formula is C46H85N. The molecule has 0 aromatic rings. The number of allylic oxidation sites excluding steroid dienone is 9. The lowest BCUT2D eigenvalue weighted by Gasteiger charge is -2.19. The van der Waals surface area contributed by atoms with Gasteiger partial charge in [-0.15, -0.1) is 0 Å². The number of hydrogen-bond acceptors (Lipinski definition) is 1. The largest absolute Gasteiger partial charge is 0.309 e.